The number of hydrogen-bond acceptors (Lipinski definition) is 4. The zero-order chi connectivity index (χ0) is 19.5. The number of nitrogens with one attached hydrogen (secondary N) is 1. The summed E-state index contributed by atoms with van der Waals surface area (Å²) in [7, 11) is 0. The highest BCUT2D eigenvalue weighted by molar-refractivity contribution is 5.84. The molecule has 0 aliphatic heterocycles. The van der Waals surface area contributed by atoms with Gasteiger partial charge in [0, 0.05) is 12.0 Å². The van der Waals surface area contributed by atoms with E-state index in [1.165, 1.54) is 6.07 Å². The van der Waals surface area contributed by atoms with Crippen LogP contribution in [0.4, 0.5) is 13.2 Å². The van der Waals surface area contributed by atoms with Gasteiger partial charge in [0.15, 0.2) is 5.69 Å². The molecule has 0 aliphatic carbocycles. The van der Waals surface area contributed by atoms with Gasteiger partial charge in [0.2, 0.25) is 5.91 Å². The average Bonchev–Trinajstić information content (AvgIpc) is 3.01. The quantitative estimate of drug-likeness (QED) is 0.812. The molecule has 0 bridgehead atoms. The molecule has 2 aromatic rings. The van der Waals surface area contributed by atoms with Crippen LogP contribution in [0.2, 0.25) is 0 Å². The lowest BCUT2D eigenvalue weighted by atomic mass is 9.83. The molecule has 1 aromatic heterocycles. The molecule has 10 heteroatoms. The standard InChI is InChI=1S/C16H17F3N4O3/c1-15(2,10-4-3-5-11(6-10)16(17,18)19)9-20-13(24)8-23-7-12(14(25)26)21-22-23/h3-7H,8-9H2,1-2H3,(H,20,24)(H,25,26). The molecule has 2 rings (SSSR count). The van der Waals surface area contributed by atoms with Crippen LogP contribution >= 0.6 is 0 Å². The minimum atomic E-state index is -4.44. The van der Waals surface area contributed by atoms with E-state index < -0.39 is 29.0 Å². The van der Waals surface area contributed by atoms with Crippen LogP contribution in [0.1, 0.15) is 35.5 Å². The Kier molecular flexibility index (Phi) is 5.33. The Morgan fingerprint density at radius 1 is 1.23 bits per heavy atom. The number of rotatable bonds is 6. The third-order valence-electron chi connectivity index (χ3n) is 3.76. The molecule has 0 atom stereocenters. The number of halogens is 3. The molecule has 0 unspecified atom stereocenters. The summed E-state index contributed by atoms with van der Waals surface area (Å²) in [5, 5.41) is 18.3. The van der Waals surface area contributed by atoms with E-state index in [1.54, 1.807) is 19.9 Å². The van der Waals surface area contributed by atoms with E-state index in [-0.39, 0.29) is 18.8 Å². The third kappa shape index (κ3) is 4.80. The predicted octanol–water partition coefficient (Wildman–Crippen LogP) is 2.09. The van der Waals surface area contributed by atoms with E-state index in [0.717, 1.165) is 23.0 Å². The van der Waals surface area contributed by atoms with Gasteiger partial charge < -0.3 is 10.4 Å². The van der Waals surface area contributed by atoms with Crippen LogP contribution in [0.15, 0.2) is 30.5 Å². The summed E-state index contributed by atoms with van der Waals surface area (Å²) in [6.07, 6.45) is -3.33. The number of carboxylic acids is 1. The second kappa shape index (κ2) is 7.14. The lowest BCUT2D eigenvalue weighted by molar-refractivity contribution is -0.137. The maximum Gasteiger partial charge on any atom is 0.416 e. The van der Waals surface area contributed by atoms with Crippen LogP contribution in [-0.4, -0.2) is 38.5 Å². The average molecular weight is 370 g/mol. The van der Waals surface area contributed by atoms with Crippen molar-refractivity contribution in [3.63, 3.8) is 0 Å². The van der Waals surface area contributed by atoms with Crippen molar-refractivity contribution in [3.05, 3.63) is 47.3 Å². The van der Waals surface area contributed by atoms with Gasteiger partial charge in [-0.25, -0.2) is 9.48 Å². The summed E-state index contributed by atoms with van der Waals surface area (Å²) in [6.45, 7) is 3.26. The van der Waals surface area contributed by atoms with Crippen LogP contribution in [0, 0.1) is 0 Å². The first-order valence-corrected chi connectivity index (χ1v) is 7.57. The van der Waals surface area contributed by atoms with Gasteiger partial charge in [0.05, 0.1) is 11.8 Å². The molecule has 140 valence electrons. The highest BCUT2D eigenvalue weighted by atomic mass is 19.4. The van der Waals surface area contributed by atoms with Crippen molar-refractivity contribution in [3.8, 4) is 0 Å². The molecule has 1 aromatic carbocycles. The second-order valence-corrected chi connectivity index (χ2v) is 6.35. The van der Waals surface area contributed by atoms with E-state index in [2.05, 4.69) is 15.6 Å². The van der Waals surface area contributed by atoms with Gasteiger partial charge in [-0.3, -0.25) is 4.79 Å². The summed E-state index contributed by atoms with van der Waals surface area (Å²) < 4.78 is 39.6. The van der Waals surface area contributed by atoms with Crippen molar-refractivity contribution < 1.29 is 27.9 Å². The Morgan fingerprint density at radius 3 is 2.46 bits per heavy atom. The van der Waals surface area contributed by atoms with Gasteiger partial charge in [0.25, 0.3) is 0 Å². The van der Waals surface area contributed by atoms with Crippen molar-refractivity contribution in [2.24, 2.45) is 0 Å². The van der Waals surface area contributed by atoms with Crippen LogP contribution in [0.25, 0.3) is 0 Å². The Morgan fingerprint density at radius 2 is 1.88 bits per heavy atom. The largest absolute Gasteiger partial charge is 0.476 e. The lowest BCUT2D eigenvalue weighted by Crippen LogP contribution is -2.38. The second-order valence-electron chi connectivity index (χ2n) is 6.35. The third-order valence-corrected chi connectivity index (χ3v) is 3.76. The fourth-order valence-corrected chi connectivity index (χ4v) is 2.21. The molecular weight excluding hydrogens is 353 g/mol. The zero-order valence-electron chi connectivity index (χ0n) is 14.0. The molecule has 0 aliphatic rings. The fourth-order valence-electron chi connectivity index (χ4n) is 2.21. The number of alkyl halides is 3. The Labute approximate surface area is 146 Å². The van der Waals surface area contributed by atoms with Crippen LogP contribution < -0.4 is 5.32 Å². The van der Waals surface area contributed by atoms with E-state index >= 15 is 0 Å². The van der Waals surface area contributed by atoms with Crippen molar-refractivity contribution in [1.29, 1.82) is 0 Å². The molecule has 2 N–H and O–H groups in total. The molecule has 0 saturated heterocycles. The van der Waals surface area contributed by atoms with E-state index in [4.69, 9.17) is 5.11 Å². The maximum absolute atomic E-state index is 12.8. The number of amides is 1. The number of carbonyl (C=O) groups excluding carboxylic acids is 1. The minimum Gasteiger partial charge on any atom is -0.476 e. The first-order chi connectivity index (χ1) is 12.0. The number of aromatic carboxylic acids is 1. The maximum atomic E-state index is 12.8. The van der Waals surface area contributed by atoms with Gasteiger partial charge in [0.1, 0.15) is 6.54 Å². The fraction of sp³-hybridized carbons (Fsp3) is 0.375. The van der Waals surface area contributed by atoms with Gasteiger partial charge >= 0.3 is 12.1 Å². The molecule has 1 amide bonds. The molecule has 7 nitrogen and oxygen atoms in total. The first kappa shape index (κ1) is 19.4. The van der Waals surface area contributed by atoms with E-state index in [9.17, 15) is 22.8 Å². The summed E-state index contributed by atoms with van der Waals surface area (Å²) >= 11 is 0. The number of carboxylic acid groups (broad SMARTS) is 1. The summed E-state index contributed by atoms with van der Waals surface area (Å²) in [5.74, 6) is -1.73. The number of carbonyl (C=O) groups is 2. The van der Waals surface area contributed by atoms with Gasteiger partial charge in [-0.2, -0.15) is 13.2 Å². The molecule has 0 spiro atoms. The predicted molar refractivity (Wildman–Crippen MR) is 84.5 cm³/mol. The van der Waals surface area contributed by atoms with Gasteiger partial charge in [-0.1, -0.05) is 37.3 Å². The highest BCUT2D eigenvalue weighted by Gasteiger charge is 2.32. The normalized spacial score (nSPS) is 12.0. The summed E-state index contributed by atoms with van der Waals surface area (Å²) in [4.78, 5) is 22.7. The van der Waals surface area contributed by atoms with Crippen molar-refractivity contribution in [1.82, 2.24) is 20.3 Å². The first-order valence-electron chi connectivity index (χ1n) is 7.57. The molecule has 0 saturated carbocycles. The van der Waals surface area contributed by atoms with Crippen molar-refractivity contribution in [2.45, 2.75) is 32.0 Å². The smallest absolute Gasteiger partial charge is 0.416 e. The molecule has 0 radical (unpaired) electrons. The number of nitrogens with zero attached hydrogens (tertiary/aromatic N) is 3. The SMILES string of the molecule is CC(C)(CNC(=O)Cn1cc(C(=O)O)nn1)c1cccc(C(F)(F)F)c1. The Hall–Kier alpha value is -2.91. The molecule has 26 heavy (non-hydrogen) atoms. The van der Waals surface area contributed by atoms with Crippen molar-refractivity contribution in [2.75, 3.05) is 6.54 Å². The summed E-state index contributed by atoms with van der Waals surface area (Å²) in [5.41, 5.74) is -1.35. The number of aromatic nitrogens is 3. The lowest BCUT2D eigenvalue weighted by Gasteiger charge is -2.26. The van der Waals surface area contributed by atoms with E-state index in [1.807, 2.05) is 0 Å². The van der Waals surface area contributed by atoms with Crippen LogP contribution in [-0.2, 0) is 22.9 Å². The van der Waals surface area contributed by atoms with Gasteiger partial charge in [-0.15, -0.1) is 5.10 Å². The van der Waals surface area contributed by atoms with Crippen LogP contribution in [0.3, 0.4) is 0 Å². The molecule has 1 heterocycles. The highest BCUT2D eigenvalue weighted by Crippen LogP contribution is 2.32. The zero-order valence-corrected chi connectivity index (χ0v) is 14.0. The number of benzene rings is 1. The minimum absolute atomic E-state index is 0.0909. The van der Waals surface area contributed by atoms with Gasteiger partial charge in [-0.05, 0) is 11.6 Å². The summed E-state index contributed by atoms with van der Waals surface area (Å²) in [6, 6.07) is 4.94. The van der Waals surface area contributed by atoms with Crippen LogP contribution in [0.5, 0.6) is 0 Å². The monoisotopic (exact) mass is 370 g/mol. The van der Waals surface area contributed by atoms with Crippen molar-refractivity contribution >= 4 is 11.9 Å². The van der Waals surface area contributed by atoms with E-state index in [0.29, 0.717) is 5.56 Å². The number of hydrogen-bond donors (Lipinski definition) is 2. The Bertz CT molecular complexity index is 815. The topological polar surface area (TPSA) is 97.1 Å². The molecular formula is C16H17F3N4O3. The Balaban J connectivity index is 2.00. The molecule has 0 fully saturated rings.